The molecule has 0 spiro atoms. The van der Waals surface area contributed by atoms with Crippen LogP contribution in [0.15, 0.2) is 18.2 Å². The van der Waals surface area contributed by atoms with Gasteiger partial charge in [-0.15, -0.1) is 0 Å². The fourth-order valence-corrected chi connectivity index (χ4v) is 1.50. The summed E-state index contributed by atoms with van der Waals surface area (Å²) in [5.74, 6) is -0.717. The Hall–Kier alpha value is -2.24. The molecule has 1 aromatic carbocycles. The van der Waals surface area contributed by atoms with Gasteiger partial charge in [0.05, 0.1) is 11.4 Å². The van der Waals surface area contributed by atoms with Crippen LogP contribution in [0.25, 0.3) is 0 Å². The maximum atomic E-state index is 11.7. The largest absolute Gasteiger partial charge is 0.397 e. The highest BCUT2D eigenvalue weighted by molar-refractivity contribution is 5.96. The average molecular weight is 250 g/mol. The minimum Gasteiger partial charge on any atom is -0.397 e. The first-order chi connectivity index (χ1) is 8.41. The van der Waals surface area contributed by atoms with Crippen LogP contribution < -0.4 is 21.7 Å². The van der Waals surface area contributed by atoms with Crippen molar-refractivity contribution in [3.05, 3.63) is 23.8 Å². The molecule has 0 aliphatic rings. The van der Waals surface area contributed by atoms with Gasteiger partial charge >= 0.3 is 0 Å². The van der Waals surface area contributed by atoms with Crippen LogP contribution in [-0.2, 0) is 4.79 Å². The number of carbonyl (C=O) groups excluding carboxylic acids is 2. The topological polar surface area (TPSA) is 101 Å². The van der Waals surface area contributed by atoms with Gasteiger partial charge in [-0.1, -0.05) is 0 Å². The van der Waals surface area contributed by atoms with Gasteiger partial charge in [-0.25, -0.2) is 0 Å². The van der Waals surface area contributed by atoms with Crippen LogP contribution in [-0.4, -0.2) is 32.5 Å². The van der Waals surface area contributed by atoms with E-state index in [0.29, 0.717) is 11.3 Å². The summed E-state index contributed by atoms with van der Waals surface area (Å²) in [4.78, 5) is 24.1. The van der Waals surface area contributed by atoms with Gasteiger partial charge in [-0.2, -0.15) is 0 Å². The molecule has 98 valence electrons. The molecule has 6 nitrogen and oxygen atoms in total. The van der Waals surface area contributed by atoms with Crippen LogP contribution in [0.1, 0.15) is 16.8 Å². The number of carbonyl (C=O) groups is 2. The number of benzene rings is 1. The molecule has 0 heterocycles. The third-order valence-electron chi connectivity index (χ3n) is 2.43. The Bertz CT molecular complexity index is 457. The number of rotatable bonds is 5. The van der Waals surface area contributed by atoms with Crippen molar-refractivity contribution in [1.29, 1.82) is 0 Å². The van der Waals surface area contributed by atoms with E-state index in [-0.39, 0.29) is 18.9 Å². The molecule has 1 aromatic rings. The van der Waals surface area contributed by atoms with Crippen molar-refractivity contribution in [2.45, 2.75) is 6.42 Å². The number of hydrogen-bond donors (Lipinski definition) is 3. The number of nitrogens with zero attached hydrogens (tertiary/aromatic N) is 1. The lowest BCUT2D eigenvalue weighted by Gasteiger charge is -2.15. The van der Waals surface area contributed by atoms with Crippen molar-refractivity contribution in [3.8, 4) is 0 Å². The molecule has 0 bridgehead atoms. The summed E-state index contributed by atoms with van der Waals surface area (Å²) in [5.41, 5.74) is 12.7. The molecular formula is C12H18N4O2. The molecule has 0 fully saturated rings. The van der Waals surface area contributed by atoms with Crippen LogP contribution in [0, 0.1) is 0 Å². The minimum absolute atomic E-state index is 0.122. The number of hydrogen-bond acceptors (Lipinski definition) is 4. The zero-order chi connectivity index (χ0) is 13.7. The first-order valence-electron chi connectivity index (χ1n) is 5.55. The van der Waals surface area contributed by atoms with Crippen LogP contribution >= 0.6 is 0 Å². The summed E-state index contributed by atoms with van der Waals surface area (Å²) in [7, 11) is 3.75. The molecule has 0 saturated heterocycles. The summed E-state index contributed by atoms with van der Waals surface area (Å²) in [5, 5.41) is 2.60. The lowest BCUT2D eigenvalue weighted by atomic mass is 10.1. The van der Waals surface area contributed by atoms with Gasteiger partial charge in [0.15, 0.2) is 0 Å². The molecule has 0 unspecified atom stereocenters. The summed E-state index contributed by atoms with van der Waals surface area (Å²) >= 11 is 0. The van der Waals surface area contributed by atoms with E-state index in [2.05, 4.69) is 5.32 Å². The Labute approximate surface area is 106 Å². The number of nitrogens with two attached hydrogens (primary N) is 2. The highest BCUT2D eigenvalue weighted by Gasteiger charge is 2.09. The zero-order valence-corrected chi connectivity index (χ0v) is 10.6. The molecule has 0 radical (unpaired) electrons. The van der Waals surface area contributed by atoms with Gasteiger partial charge in [0.25, 0.3) is 5.91 Å². The second-order valence-electron chi connectivity index (χ2n) is 4.14. The van der Waals surface area contributed by atoms with Crippen molar-refractivity contribution < 1.29 is 9.59 Å². The number of nitrogens with one attached hydrogen (secondary N) is 1. The Balaban J connectivity index is 2.69. The second kappa shape index (κ2) is 5.90. The van der Waals surface area contributed by atoms with Gasteiger partial charge in [0.2, 0.25) is 5.91 Å². The smallest absolute Gasteiger partial charge is 0.251 e. The quantitative estimate of drug-likeness (QED) is 0.637. The third-order valence-corrected chi connectivity index (χ3v) is 2.43. The van der Waals surface area contributed by atoms with Crippen molar-refractivity contribution in [1.82, 2.24) is 5.32 Å². The fraction of sp³-hybridized carbons (Fsp3) is 0.333. The van der Waals surface area contributed by atoms with E-state index in [4.69, 9.17) is 11.5 Å². The SMILES string of the molecule is CN(C)c1ccc(C(=O)NCCC(N)=O)cc1N. The lowest BCUT2D eigenvalue weighted by molar-refractivity contribution is -0.117. The van der Waals surface area contributed by atoms with Crippen molar-refractivity contribution in [3.63, 3.8) is 0 Å². The van der Waals surface area contributed by atoms with E-state index in [0.717, 1.165) is 5.69 Å². The molecule has 0 atom stereocenters. The van der Waals surface area contributed by atoms with Gasteiger partial charge < -0.3 is 21.7 Å². The number of anilines is 2. The normalized spacial score (nSPS) is 9.89. The third kappa shape index (κ3) is 3.65. The zero-order valence-electron chi connectivity index (χ0n) is 10.6. The minimum atomic E-state index is -0.447. The van der Waals surface area contributed by atoms with E-state index >= 15 is 0 Å². The number of amides is 2. The van der Waals surface area contributed by atoms with Crippen molar-refractivity contribution >= 4 is 23.2 Å². The molecule has 2 amide bonds. The molecular weight excluding hydrogens is 232 g/mol. The van der Waals surface area contributed by atoms with Gasteiger partial charge in [-0.05, 0) is 18.2 Å². The van der Waals surface area contributed by atoms with Gasteiger partial charge in [0, 0.05) is 32.6 Å². The summed E-state index contributed by atoms with van der Waals surface area (Å²) in [6.07, 6.45) is 0.122. The maximum absolute atomic E-state index is 11.7. The predicted molar refractivity (Wildman–Crippen MR) is 71.3 cm³/mol. The summed E-state index contributed by atoms with van der Waals surface area (Å²) in [6.45, 7) is 0.226. The van der Waals surface area contributed by atoms with E-state index in [9.17, 15) is 9.59 Å². The molecule has 18 heavy (non-hydrogen) atoms. The first-order valence-corrected chi connectivity index (χ1v) is 5.55. The fourth-order valence-electron chi connectivity index (χ4n) is 1.50. The van der Waals surface area contributed by atoms with Crippen molar-refractivity contribution in [2.75, 3.05) is 31.3 Å². The van der Waals surface area contributed by atoms with Gasteiger partial charge in [0.1, 0.15) is 0 Å². The molecule has 6 heteroatoms. The molecule has 0 aromatic heterocycles. The monoisotopic (exact) mass is 250 g/mol. The first kappa shape index (κ1) is 13.8. The number of primary amides is 1. The van der Waals surface area contributed by atoms with E-state index in [1.165, 1.54) is 0 Å². The van der Waals surface area contributed by atoms with Crippen molar-refractivity contribution in [2.24, 2.45) is 5.73 Å². The molecule has 0 saturated carbocycles. The van der Waals surface area contributed by atoms with E-state index in [1.54, 1.807) is 18.2 Å². The second-order valence-corrected chi connectivity index (χ2v) is 4.14. The highest BCUT2D eigenvalue weighted by atomic mass is 16.2. The Kier molecular flexibility index (Phi) is 4.53. The molecule has 5 N–H and O–H groups in total. The van der Waals surface area contributed by atoms with E-state index < -0.39 is 5.91 Å². The molecule has 0 aliphatic heterocycles. The Morgan fingerprint density at radius 3 is 2.50 bits per heavy atom. The maximum Gasteiger partial charge on any atom is 0.251 e. The van der Waals surface area contributed by atoms with Crippen LogP contribution in [0.2, 0.25) is 0 Å². The van der Waals surface area contributed by atoms with Crippen LogP contribution in [0.5, 0.6) is 0 Å². The van der Waals surface area contributed by atoms with Crippen LogP contribution in [0.4, 0.5) is 11.4 Å². The molecule has 0 aliphatic carbocycles. The highest BCUT2D eigenvalue weighted by Crippen LogP contribution is 2.22. The standard InChI is InChI=1S/C12H18N4O2/c1-16(2)10-4-3-8(7-9(10)13)12(18)15-6-5-11(14)17/h3-4,7H,5-6,13H2,1-2H3,(H2,14,17)(H,15,18). The lowest BCUT2D eigenvalue weighted by Crippen LogP contribution is -2.28. The number of nitrogen functional groups attached to an aromatic ring is 1. The Morgan fingerprint density at radius 1 is 1.33 bits per heavy atom. The molecule has 1 rings (SSSR count). The predicted octanol–water partition coefficient (Wildman–Crippen LogP) is -0.0600. The summed E-state index contributed by atoms with van der Waals surface area (Å²) < 4.78 is 0. The van der Waals surface area contributed by atoms with Gasteiger partial charge in [-0.3, -0.25) is 9.59 Å². The van der Waals surface area contributed by atoms with Crippen LogP contribution in [0.3, 0.4) is 0 Å². The van der Waals surface area contributed by atoms with E-state index in [1.807, 2.05) is 19.0 Å². The summed E-state index contributed by atoms with van der Waals surface area (Å²) in [6, 6.07) is 5.07. The average Bonchev–Trinajstić information content (AvgIpc) is 2.27. The Morgan fingerprint density at radius 2 is 2.00 bits per heavy atom.